The molecule has 34 heavy (non-hydrogen) atoms. The number of hydrogen-bond acceptors (Lipinski definition) is 1. The van der Waals surface area contributed by atoms with Gasteiger partial charge in [-0.25, -0.2) is 0 Å². The Bertz CT molecular complexity index is 916. The predicted molar refractivity (Wildman–Crippen MR) is 148 cm³/mol. The van der Waals surface area contributed by atoms with E-state index in [-0.39, 0.29) is 22.9 Å². The van der Waals surface area contributed by atoms with Gasteiger partial charge in [-0.15, -0.1) is 0 Å². The van der Waals surface area contributed by atoms with Crippen molar-refractivity contribution in [2.45, 2.75) is 6.42 Å². The summed E-state index contributed by atoms with van der Waals surface area (Å²) in [7, 11) is -1.57. The van der Waals surface area contributed by atoms with Gasteiger partial charge in [-0.3, -0.25) is 4.79 Å². The SMILES string of the molecule is [CH2-]CC(=O)O.[Ni].c1ccc([PH+](CC[PH+](c2ccccc2)c2ccccc2)c2ccccc2)cc1. The van der Waals surface area contributed by atoms with Gasteiger partial charge in [0.25, 0.3) is 5.97 Å². The quantitative estimate of drug-likeness (QED) is 0.197. The van der Waals surface area contributed by atoms with Gasteiger partial charge in [0.05, 0.1) is 37.1 Å². The van der Waals surface area contributed by atoms with Crippen molar-refractivity contribution in [3.8, 4) is 0 Å². The first-order chi connectivity index (χ1) is 16.2. The molecular weight excluding hydrogens is 501 g/mol. The first kappa shape index (κ1) is 27.9. The summed E-state index contributed by atoms with van der Waals surface area (Å²) in [4.78, 5) is 9.31. The van der Waals surface area contributed by atoms with Crippen LogP contribution in [0.1, 0.15) is 6.42 Å². The Morgan fingerprint density at radius 1 is 0.559 bits per heavy atom. The summed E-state index contributed by atoms with van der Waals surface area (Å²) in [6, 6.07) is 44.5. The molecule has 0 saturated carbocycles. The topological polar surface area (TPSA) is 37.3 Å². The molecule has 0 spiro atoms. The monoisotopic (exact) mass is 531 g/mol. The largest absolute Gasteiger partial charge is 0.483 e. The first-order valence-electron chi connectivity index (χ1n) is 11.1. The van der Waals surface area contributed by atoms with E-state index in [1.807, 2.05) is 0 Å². The Kier molecular flexibility index (Phi) is 12.8. The molecule has 0 radical (unpaired) electrons. The minimum Gasteiger partial charge on any atom is -0.483 e. The van der Waals surface area contributed by atoms with Crippen molar-refractivity contribution in [2.75, 3.05) is 12.3 Å². The van der Waals surface area contributed by atoms with Crippen LogP contribution in [0.15, 0.2) is 121 Å². The third kappa shape index (κ3) is 8.81. The molecule has 5 heteroatoms. The Morgan fingerprint density at radius 3 is 0.941 bits per heavy atom. The molecule has 0 bridgehead atoms. The van der Waals surface area contributed by atoms with E-state index < -0.39 is 21.8 Å². The molecule has 0 fully saturated rings. The van der Waals surface area contributed by atoms with E-state index >= 15 is 0 Å². The van der Waals surface area contributed by atoms with Gasteiger partial charge in [-0.05, 0) is 48.5 Å². The smallest absolute Gasteiger partial charge is 0.272 e. The van der Waals surface area contributed by atoms with Crippen molar-refractivity contribution in [2.24, 2.45) is 0 Å². The number of aliphatic carboxylic acids is 1. The molecule has 0 aliphatic rings. The van der Waals surface area contributed by atoms with Crippen LogP contribution in [-0.2, 0) is 21.3 Å². The fourth-order valence-electron chi connectivity index (χ4n) is 3.72. The number of benzene rings is 4. The van der Waals surface area contributed by atoms with E-state index in [0.717, 1.165) is 0 Å². The van der Waals surface area contributed by atoms with Crippen LogP contribution < -0.4 is 21.2 Å². The third-order valence-corrected chi connectivity index (χ3v) is 11.4. The second kappa shape index (κ2) is 15.6. The van der Waals surface area contributed by atoms with Crippen LogP contribution in [0, 0.1) is 6.92 Å². The molecule has 0 aromatic heterocycles. The summed E-state index contributed by atoms with van der Waals surface area (Å²) in [6.07, 6.45) is 2.49. The summed E-state index contributed by atoms with van der Waals surface area (Å²) >= 11 is 0. The first-order valence-corrected chi connectivity index (χ1v) is 14.5. The molecule has 0 aliphatic heterocycles. The number of carboxylic acid groups (broad SMARTS) is 1. The van der Waals surface area contributed by atoms with Gasteiger partial charge in [0.2, 0.25) is 0 Å². The van der Waals surface area contributed by atoms with E-state index in [0.29, 0.717) is 0 Å². The normalized spacial score (nSPS) is 10.2. The molecule has 4 aromatic rings. The zero-order valence-electron chi connectivity index (χ0n) is 19.0. The summed E-state index contributed by atoms with van der Waals surface area (Å²) in [5.74, 6) is -0.856. The van der Waals surface area contributed by atoms with E-state index in [1.165, 1.54) is 33.5 Å². The van der Waals surface area contributed by atoms with Crippen molar-refractivity contribution in [1.82, 2.24) is 0 Å². The zero-order valence-corrected chi connectivity index (χ0v) is 22.0. The maximum Gasteiger partial charge on any atom is 0.272 e. The van der Waals surface area contributed by atoms with Crippen LogP contribution in [0.3, 0.4) is 0 Å². The maximum atomic E-state index is 9.31. The summed E-state index contributed by atoms with van der Waals surface area (Å²) < 4.78 is 0. The predicted octanol–water partition coefficient (Wildman–Crippen LogP) is 5.01. The van der Waals surface area contributed by atoms with Crippen LogP contribution in [0.5, 0.6) is 0 Å². The second-order valence-corrected chi connectivity index (χ2v) is 12.8. The van der Waals surface area contributed by atoms with Crippen LogP contribution in [-0.4, -0.2) is 23.4 Å². The average molecular weight is 532 g/mol. The number of rotatable bonds is 8. The maximum absolute atomic E-state index is 9.31. The second-order valence-electron chi connectivity index (χ2n) is 7.56. The molecule has 4 aromatic carbocycles. The molecule has 4 rings (SSSR count). The van der Waals surface area contributed by atoms with Crippen LogP contribution in [0.2, 0.25) is 0 Å². The van der Waals surface area contributed by atoms with E-state index in [9.17, 15) is 4.79 Å². The Balaban J connectivity index is 0.000000619. The Hall–Kier alpha value is -2.30. The molecule has 178 valence electrons. The zero-order chi connectivity index (χ0) is 23.3. The molecule has 2 nitrogen and oxygen atoms in total. The van der Waals surface area contributed by atoms with E-state index in [1.54, 1.807) is 0 Å². The Labute approximate surface area is 215 Å². The molecule has 0 amide bonds. The van der Waals surface area contributed by atoms with Gasteiger partial charge in [0, 0.05) is 16.5 Å². The molecule has 0 aliphatic carbocycles. The van der Waals surface area contributed by atoms with Crippen molar-refractivity contribution >= 4 is 43.0 Å². The van der Waals surface area contributed by atoms with Gasteiger partial charge in [-0.2, -0.15) is 0 Å². The molecule has 0 heterocycles. The number of carboxylic acids is 1. The molecule has 1 N–H and O–H groups in total. The summed E-state index contributed by atoms with van der Waals surface area (Å²) in [6.45, 7) is 3.09. The standard InChI is InChI=1S/C26H24P2.C3H5O2.Ni/c1-5-13-23(14-6-1)27(24-15-7-2-8-16-24)21-22-28(25-17-9-3-10-18-25)26-19-11-4-12-20-26;1-2-3(4)5;/h1-20H,21-22H2;1-2H2,(H,4,5);/q;-1;/p+2. The van der Waals surface area contributed by atoms with Gasteiger partial charge in [0.15, 0.2) is 0 Å². The van der Waals surface area contributed by atoms with Crippen molar-refractivity contribution < 1.29 is 26.4 Å². The van der Waals surface area contributed by atoms with Gasteiger partial charge < -0.3 is 12.0 Å². The number of carbonyl (C=O) groups is 1. The molecular formula is C29H31NiO2P2+. The third-order valence-electron chi connectivity index (χ3n) is 5.33. The van der Waals surface area contributed by atoms with Crippen LogP contribution in [0.25, 0.3) is 0 Å². The van der Waals surface area contributed by atoms with Crippen molar-refractivity contribution in [3.05, 3.63) is 128 Å². The average Bonchev–Trinajstić information content (AvgIpc) is 2.89. The van der Waals surface area contributed by atoms with Crippen LogP contribution >= 0.6 is 15.8 Å². The summed E-state index contributed by atoms with van der Waals surface area (Å²) in [5.41, 5.74) is 0. The van der Waals surface area contributed by atoms with Gasteiger partial charge in [0.1, 0.15) is 12.3 Å². The molecule has 0 saturated heterocycles. The van der Waals surface area contributed by atoms with Gasteiger partial charge >= 0.3 is 0 Å². The van der Waals surface area contributed by atoms with E-state index in [4.69, 9.17) is 5.11 Å². The van der Waals surface area contributed by atoms with Gasteiger partial charge in [-0.1, -0.05) is 79.2 Å². The Morgan fingerprint density at radius 2 is 0.765 bits per heavy atom. The van der Waals surface area contributed by atoms with Crippen molar-refractivity contribution in [1.29, 1.82) is 0 Å². The molecule has 0 atom stereocenters. The van der Waals surface area contributed by atoms with Crippen LogP contribution in [0.4, 0.5) is 0 Å². The molecule has 0 unspecified atom stereocenters. The number of hydrogen-bond donors (Lipinski definition) is 1. The van der Waals surface area contributed by atoms with Crippen molar-refractivity contribution in [3.63, 3.8) is 0 Å². The minimum absolute atomic E-state index is 0. The fourth-order valence-corrected chi connectivity index (χ4v) is 9.92. The fraction of sp³-hybridized carbons (Fsp3) is 0.103. The minimum atomic E-state index is -0.856. The summed E-state index contributed by atoms with van der Waals surface area (Å²) in [5, 5.41) is 13.7. The van der Waals surface area contributed by atoms with E-state index in [2.05, 4.69) is 128 Å².